The molecule has 6 heteroatoms. The van der Waals surface area contributed by atoms with Crippen LogP contribution in [0.3, 0.4) is 0 Å². The van der Waals surface area contributed by atoms with Crippen LogP contribution in [0.25, 0.3) is 11.3 Å². The Bertz CT molecular complexity index is 741. The van der Waals surface area contributed by atoms with Gasteiger partial charge in [0.05, 0.1) is 11.4 Å². The van der Waals surface area contributed by atoms with Gasteiger partial charge in [-0.15, -0.1) is 10.2 Å². The Morgan fingerprint density at radius 3 is 2.46 bits per heavy atom. The smallest absolute Gasteiger partial charge is 0.169 e. The maximum atomic E-state index is 10.1. The molecule has 0 spiro atoms. The molecular formula is C22H35N5O. The first-order chi connectivity index (χ1) is 13.6. The minimum atomic E-state index is 0.202. The Balaban J connectivity index is 0.00000136. The van der Waals surface area contributed by atoms with Gasteiger partial charge in [0.25, 0.3) is 0 Å². The number of rotatable bonds is 6. The van der Waals surface area contributed by atoms with Gasteiger partial charge in [-0.05, 0) is 56.5 Å². The Kier molecular flexibility index (Phi) is 8.05. The predicted octanol–water partition coefficient (Wildman–Crippen LogP) is 4.06. The van der Waals surface area contributed by atoms with Crippen LogP contribution in [0.15, 0.2) is 30.3 Å². The van der Waals surface area contributed by atoms with Crippen LogP contribution in [-0.4, -0.2) is 42.0 Å². The number of aromatic nitrogens is 2. The lowest BCUT2D eigenvalue weighted by molar-refractivity contribution is 0.190. The van der Waals surface area contributed by atoms with Crippen LogP contribution in [0.4, 0.5) is 11.5 Å². The molecule has 154 valence electrons. The van der Waals surface area contributed by atoms with Crippen molar-refractivity contribution in [3.05, 3.63) is 30.3 Å². The van der Waals surface area contributed by atoms with Gasteiger partial charge in [-0.3, -0.25) is 0 Å². The molecule has 1 aromatic carbocycles. The number of para-hydroxylation sites is 1. The van der Waals surface area contributed by atoms with E-state index in [1.165, 1.54) is 12.8 Å². The molecule has 0 radical (unpaired) electrons. The number of hydrogen-bond donors (Lipinski definition) is 3. The third kappa shape index (κ3) is 4.93. The van der Waals surface area contributed by atoms with Gasteiger partial charge < -0.3 is 21.1 Å². The molecule has 3 rings (SSSR count). The van der Waals surface area contributed by atoms with Gasteiger partial charge in [-0.25, -0.2) is 0 Å². The highest BCUT2D eigenvalue weighted by Crippen LogP contribution is 2.40. The van der Waals surface area contributed by atoms with E-state index < -0.39 is 0 Å². The lowest BCUT2D eigenvalue weighted by Crippen LogP contribution is -2.41. The fraction of sp³-hybridized carbons (Fsp3) is 0.545. The molecule has 0 atom stereocenters. The zero-order valence-corrected chi connectivity index (χ0v) is 17.7. The standard InChI is InChI=1S/C20H29N5O.C2H6/c1-3-20(8-11-22-2)9-12-25(13-10-20)17-14-16(23-24-19(17)21)15-6-4-5-7-18(15)26;1-2/h4-7,14,22,26H,3,8-13H2,1-2H3,(H2,21,24);1-2H3. The first-order valence-corrected chi connectivity index (χ1v) is 10.4. The molecule has 0 amide bonds. The number of phenols is 1. The number of nitrogen functional groups attached to an aromatic ring is 1. The van der Waals surface area contributed by atoms with E-state index in [0.717, 1.165) is 38.2 Å². The molecular weight excluding hydrogens is 350 g/mol. The van der Waals surface area contributed by atoms with E-state index in [2.05, 4.69) is 27.3 Å². The van der Waals surface area contributed by atoms with Crippen LogP contribution in [0.2, 0.25) is 0 Å². The Hall–Kier alpha value is -2.34. The first-order valence-electron chi connectivity index (χ1n) is 10.4. The second-order valence-electron chi connectivity index (χ2n) is 7.21. The van der Waals surface area contributed by atoms with Crippen molar-refractivity contribution in [1.29, 1.82) is 0 Å². The largest absolute Gasteiger partial charge is 0.507 e. The van der Waals surface area contributed by atoms with Gasteiger partial charge in [0, 0.05) is 18.7 Å². The Morgan fingerprint density at radius 1 is 1.18 bits per heavy atom. The van der Waals surface area contributed by atoms with Crippen molar-refractivity contribution in [3.63, 3.8) is 0 Å². The number of aromatic hydroxyl groups is 1. The molecule has 28 heavy (non-hydrogen) atoms. The summed E-state index contributed by atoms with van der Waals surface area (Å²) in [6, 6.07) is 9.13. The van der Waals surface area contributed by atoms with E-state index in [1.807, 2.05) is 39.1 Å². The number of nitrogens with one attached hydrogen (secondary N) is 1. The maximum absolute atomic E-state index is 10.1. The zero-order valence-electron chi connectivity index (χ0n) is 17.7. The second-order valence-corrected chi connectivity index (χ2v) is 7.21. The van der Waals surface area contributed by atoms with Crippen LogP contribution in [0.1, 0.15) is 46.5 Å². The fourth-order valence-electron chi connectivity index (χ4n) is 3.86. The van der Waals surface area contributed by atoms with Crippen molar-refractivity contribution in [3.8, 4) is 17.0 Å². The molecule has 1 aliphatic heterocycles. The van der Waals surface area contributed by atoms with Crippen molar-refractivity contribution in [1.82, 2.24) is 15.5 Å². The summed E-state index contributed by atoms with van der Waals surface area (Å²) in [5.74, 6) is 0.650. The van der Waals surface area contributed by atoms with Crippen molar-refractivity contribution in [2.75, 3.05) is 37.3 Å². The molecule has 6 nitrogen and oxygen atoms in total. The van der Waals surface area contributed by atoms with Crippen molar-refractivity contribution in [2.24, 2.45) is 5.41 Å². The van der Waals surface area contributed by atoms with Crippen LogP contribution >= 0.6 is 0 Å². The van der Waals surface area contributed by atoms with Gasteiger partial charge in [-0.2, -0.15) is 0 Å². The summed E-state index contributed by atoms with van der Waals surface area (Å²) in [4.78, 5) is 2.31. The van der Waals surface area contributed by atoms with Gasteiger partial charge in [0.15, 0.2) is 5.82 Å². The summed E-state index contributed by atoms with van der Waals surface area (Å²) in [7, 11) is 2.02. The highest BCUT2D eigenvalue weighted by Gasteiger charge is 2.33. The van der Waals surface area contributed by atoms with E-state index in [4.69, 9.17) is 5.73 Å². The van der Waals surface area contributed by atoms with Crippen molar-refractivity contribution in [2.45, 2.75) is 46.5 Å². The number of nitrogens with zero attached hydrogens (tertiary/aromatic N) is 3. The van der Waals surface area contributed by atoms with Gasteiger partial charge in [0.1, 0.15) is 5.75 Å². The molecule has 4 N–H and O–H groups in total. The van der Waals surface area contributed by atoms with Crippen molar-refractivity contribution < 1.29 is 5.11 Å². The second kappa shape index (κ2) is 10.3. The Labute approximate surface area is 169 Å². The minimum absolute atomic E-state index is 0.202. The van der Waals surface area contributed by atoms with E-state index in [1.54, 1.807) is 12.1 Å². The summed E-state index contributed by atoms with van der Waals surface area (Å²) in [5.41, 5.74) is 8.78. The van der Waals surface area contributed by atoms with Crippen LogP contribution in [-0.2, 0) is 0 Å². The summed E-state index contributed by atoms with van der Waals surface area (Å²) >= 11 is 0. The molecule has 0 saturated carbocycles. The molecule has 1 saturated heterocycles. The third-order valence-electron chi connectivity index (χ3n) is 5.80. The fourth-order valence-corrected chi connectivity index (χ4v) is 3.86. The maximum Gasteiger partial charge on any atom is 0.169 e. The lowest BCUT2D eigenvalue weighted by atomic mass is 9.73. The zero-order chi connectivity index (χ0) is 20.6. The van der Waals surface area contributed by atoms with E-state index >= 15 is 0 Å². The van der Waals surface area contributed by atoms with Gasteiger partial charge in [0.2, 0.25) is 0 Å². The molecule has 2 heterocycles. The summed E-state index contributed by atoms with van der Waals surface area (Å²) in [6.07, 6.45) is 4.72. The molecule has 2 aromatic rings. The van der Waals surface area contributed by atoms with Crippen molar-refractivity contribution >= 4 is 11.5 Å². The SMILES string of the molecule is CC.CCC1(CCNC)CCN(c2cc(-c3ccccc3O)nnc2N)CC1. The number of hydrogen-bond acceptors (Lipinski definition) is 6. The number of benzene rings is 1. The number of piperidine rings is 1. The average Bonchev–Trinajstić information content (AvgIpc) is 2.75. The average molecular weight is 386 g/mol. The van der Waals surface area contributed by atoms with E-state index in [9.17, 15) is 5.11 Å². The number of nitrogens with two attached hydrogens (primary N) is 1. The normalized spacial score (nSPS) is 15.6. The molecule has 0 unspecified atom stereocenters. The molecule has 0 bridgehead atoms. The van der Waals surface area contributed by atoms with Crippen LogP contribution in [0.5, 0.6) is 5.75 Å². The quantitative estimate of drug-likeness (QED) is 0.695. The molecule has 0 aliphatic carbocycles. The monoisotopic (exact) mass is 385 g/mol. The van der Waals surface area contributed by atoms with Gasteiger partial charge in [-0.1, -0.05) is 39.3 Å². The van der Waals surface area contributed by atoms with Gasteiger partial charge >= 0.3 is 0 Å². The first kappa shape index (κ1) is 22.0. The number of anilines is 2. The summed E-state index contributed by atoms with van der Waals surface area (Å²) in [6.45, 7) is 9.29. The molecule has 1 aliphatic rings. The van der Waals surface area contributed by atoms with Crippen LogP contribution in [0, 0.1) is 5.41 Å². The predicted molar refractivity (Wildman–Crippen MR) is 118 cm³/mol. The summed E-state index contributed by atoms with van der Waals surface area (Å²) < 4.78 is 0. The topological polar surface area (TPSA) is 87.3 Å². The highest BCUT2D eigenvalue weighted by atomic mass is 16.3. The lowest BCUT2D eigenvalue weighted by Gasteiger charge is -2.42. The Morgan fingerprint density at radius 2 is 1.86 bits per heavy atom. The summed E-state index contributed by atoms with van der Waals surface area (Å²) in [5, 5.41) is 21.7. The van der Waals surface area contributed by atoms with Crippen LogP contribution < -0.4 is 16.0 Å². The van der Waals surface area contributed by atoms with E-state index in [0.29, 0.717) is 22.5 Å². The number of phenolic OH excluding ortho intramolecular Hbond substituents is 1. The molecule has 1 fully saturated rings. The minimum Gasteiger partial charge on any atom is -0.507 e. The highest BCUT2D eigenvalue weighted by molar-refractivity contribution is 5.74. The molecule has 1 aromatic heterocycles. The van der Waals surface area contributed by atoms with E-state index in [-0.39, 0.29) is 5.75 Å². The third-order valence-corrected chi connectivity index (χ3v) is 5.80.